The number of sulfonamides is 1. The van der Waals surface area contributed by atoms with Gasteiger partial charge in [0.05, 0.1) is 17.8 Å². The fourth-order valence-corrected chi connectivity index (χ4v) is 7.24. The minimum absolute atomic E-state index is 0.0473. The first kappa shape index (κ1) is 24.0. The Morgan fingerprint density at radius 1 is 1.15 bits per heavy atom. The number of halogens is 2. The molecule has 0 bridgehead atoms. The van der Waals surface area contributed by atoms with Crippen molar-refractivity contribution in [2.24, 2.45) is 5.92 Å². The molecule has 180 valence electrons. The number of carbonyl (C=O) groups excluding carboxylic acids is 1. The number of carbonyl (C=O) groups is 1. The summed E-state index contributed by atoms with van der Waals surface area (Å²) in [5.74, 6) is -2.05. The van der Waals surface area contributed by atoms with Crippen LogP contribution in [0.4, 0.5) is 8.78 Å². The molecule has 9 heteroatoms. The zero-order valence-electron chi connectivity index (χ0n) is 18.6. The summed E-state index contributed by atoms with van der Waals surface area (Å²) in [5, 5.41) is 11.4. The van der Waals surface area contributed by atoms with Gasteiger partial charge in [0.2, 0.25) is 15.9 Å². The highest BCUT2D eigenvalue weighted by molar-refractivity contribution is 7.89. The third-order valence-electron chi connectivity index (χ3n) is 6.93. The summed E-state index contributed by atoms with van der Waals surface area (Å²) in [6.45, 7) is 1.54. The van der Waals surface area contributed by atoms with E-state index in [0.29, 0.717) is 32.1 Å². The minimum atomic E-state index is -3.71. The fraction of sp³-hybridized carbons (Fsp3) is 0.542. The number of aliphatic hydroxyl groups excluding tert-OH is 1. The highest BCUT2D eigenvalue weighted by Crippen LogP contribution is 2.35. The SMILES string of the molecule is CC1CC[C@H](C2C=CC=CC2)S(=O)(=O)N1Cc1cc(F)c(CC(=O)NC2CC(O)C2)cc1F. The van der Waals surface area contributed by atoms with Gasteiger partial charge in [0.25, 0.3) is 0 Å². The van der Waals surface area contributed by atoms with E-state index < -0.39 is 38.9 Å². The first-order chi connectivity index (χ1) is 15.6. The Morgan fingerprint density at radius 3 is 2.52 bits per heavy atom. The van der Waals surface area contributed by atoms with Crippen LogP contribution in [0.2, 0.25) is 0 Å². The summed E-state index contributed by atoms with van der Waals surface area (Å²) in [4.78, 5) is 12.1. The maximum absolute atomic E-state index is 14.9. The number of amides is 1. The van der Waals surface area contributed by atoms with Crippen LogP contribution in [0.25, 0.3) is 0 Å². The van der Waals surface area contributed by atoms with Crippen LogP contribution in [0, 0.1) is 17.6 Å². The van der Waals surface area contributed by atoms with Crippen LogP contribution in [0.15, 0.2) is 36.4 Å². The molecule has 3 aliphatic rings. The highest BCUT2D eigenvalue weighted by atomic mass is 32.2. The number of hydrogen-bond acceptors (Lipinski definition) is 4. The third kappa shape index (κ3) is 5.20. The lowest BCUT2D eigenvalue weighted by Gasteiger charge is -2.40. The molecule has 0 radical (unpaired) electrons. The molecule has 1 saturated carbocycles. The highest BCUT2D eigenvalue weighted by Gasteiger charge is 2.43. The van der Waals surface area contributed by atoms with Crippen LogP contribution in [0.1, 0.15) is 50.2 Å². The topological polar surface area (TPSA) is 86.7 Å². The Hall–Kier alpha value is -2.10. The van der Waals surface area contributed by atoms with Crippen LogP contribution in [0.3, 0.4) is 0 Å². The van der Waals surface area contributed by atoms with Gasteiger partial charge in [0.15, 0.2) is 0 Å². The van der Waals surface area contributed by atoms with Crippen molar-refractivity contribution in [1.82, 2.24) is 9.62 Å². The van der Waals surface area contributed by atoms with Gasteiger partial charge in [-0.2, -0.15) is 4.31 Å². The Bertz CT molecular complexity index is 1070. The maximum Gasteiger partial charge on any atom is 0.224 e. The van der Waals surface area contributed by atoms with Gasteiger partial charge in [-0.1, -0.05) is 24.3 Å². The molecule has 2 fully saturated rings. The van der Waals surface area contributed by atoms with E-state index in [9.17, 15) is 27.1 Å². The summed E-state index contributed by atoms with van der Waals surface area (Å²) >= 11 is 0. The van der Waals surface area contributed by atoms with Gasteiger partial charge in [0, 0.05) is 29.8 Å². The predicted molar refractivity (Wildman–Crippen MR) is 121 cm³/mol. The Kier molecular flexibility index (Phi) is 7.02. The largest absolute Gasteiger partial charge is 0.393 e. The molecule has 3 atom stereocenters. The molecule has 0 aromatic heterocycles. The molecule has 2 unspecified atom stereocenters. The number of allylic oxidation sites excluding steroid dienone is 4. The molecular weight excluding hydrogens is 450 g/mol. The fourth-order valence-electron chi connectivity index (χ4n) is 4.89. The Balaban J connectivity index is 1.48. The van der Waals surface area contributed by atoms with Gasteiger partial charge in [-0.3, -0.25) is 4.79 Å². The maximum atomic E-state index is 14.9. The molecule has 1 heterocycles. The van der Waals surface area contributed by atoms with Crippen molar-refractivity contribution in [2.45, 2.75) is 75.4 Å². The number of rotatable bonds is 6. The second kappa shape index (κ2) is 9.64. The second-order valence-corrected chi connectivity index (χ2v) is 11.5. The van der Waals surface area contributed by atoms with Crippen molar-refractivity contribution < 1.29 is 27.1 Å². The van der Waals surface area contributed by atoms with Crippen molar-refractivity contribution >= 4 is 15.9 Å². The van der Waals surface area contributed by atoms with Gasteiger partial charge < -0.3 is 10.4 Å². The number of hydrogen-bond donors (Lipinski definition) is 2. The van der Waals surface area contributed by atoms with Gasteiger partial charge in [-0.15, -0.1) is 0 Å². The van der Waals surface area contributed by atoms with Crippen molar-refractivity contribution in [1.29, 1.82) is 0 Å². The number of nitrogens with zero attached hydrogens (tertiary/aromatic N) is 1. The van der Waals surface area contributed by atoms with Gasteiger partial charge >= 0.3 is 0 Å². The smallest absolute Gasteiger partial charge is 0.224 e. The molecule has 0 spiro atoms. The van der Waals surface area contributed by atoms with E-state index in [2.05, 4.69) is 5.32 Å². The molecular formula is C24H30F2N2O4S. The summed E-state index contributed by atoms with van der Waals surface area (Å²) in [6.07, 6.45) is 9.57. The summed E-state index contributed by atoms with van der Waals surface area (Å²) in [7, 11) is -3.71. The number of benzene rings is 1. The van der Waals surface area contributed by atoms with Crippen molar-refractivity contribution in [3.8, 4) is 0 Å². The van der Waals surface area contributed by atoms with Crippen LogP contribution in [0.5, 0.6) is 0 Å². The van der Waals surface area contributed by atoms with E-state index in [1.165, 1.54) is 4.31 Å². The van der Waals surface area contributed by atoms with Crippen LogP contribution >= 0.6 is 0 Å². The zero-order valence-corrected chi connectivity index (χ0v) is 19.4. The van der Waals surface area contributed by atoms with E-state index in [0.717, 1.165) is 12.1 Å². The summed E-state index contributed by atoms with van der Waals surface area (Å²) in [5.41, 5.74) is -0.130. The van der Waals surface area contributed by atoms with Gasteiger partial charge in [-0.25, -0.2) is 17.2 Å². The quantitative estimate of drug-likeness (QED) is 0.656. The first-order valence-corrected chi connectivity index (χ1v) is 12.9. The lowest BCUT2D eigenvalue weighted by molar-refractivity contribution is -0.122. The van der Waals surface area contributed by atoms with E-state index in [4.69, 9.17) is 0 Å². The molecule has 1 aromatic carbocycles. The van der Waals surface area contributed by atoms with Crippen LogP contribution in [-0.2, 0) is 27.8 Å². The minimum Gasteiger partial charge on any atom is -0.393 e. The van der Waals surface area contributed by atoms with Gasteiger partial charge in [-0.05, 0) is 57.1 Å². The second-order valence-electron chi connectivity index (χ2n) is 9.37. The van der Waals surface area contributed by atoms with Crippen molar-refractivity contribution in [3.05, 3.63) is 59.2 Å². The lowest BCUT2D eigenvalue weighted by Crippen LogP contribution is -2.50. The zero-order chi connectivity index (χ0) is 23.8. The van der Waals surface area contributed by atoms with E-state index in [-0.39, 0.29) is 42.1 Å². The molecule has 33 heavy (non-hydrogen) atoms. The Morgan fingerprint density at radius 2 is 1.85 bits per heavy atom. The predicted octanol–water partition coefficient (Wildman–Crippen LogP) is 2.96. The average molecular weight is 481 g/mol. The van der Waals surface area contributed by atoms with Crippen molar-refractivity contribution in [2.75, 3.05) is 0 Å². The standard InChI is InChI=1S/C24H30F2N2O4S/c1-15-7-8-23(16-5-3-2-4-6-16)33(31,32)28(15)14-18-10-21(25)17(9-22(18)26)11-24(30)27-19-12-20(29)13-19/h2-5,9-10,15-16,19-20,23,29H,6-8,11-14H2,1H3,(H,27,30)/t15?,16?,19?,20?,23-/m1/s1. The van der Waals surface area contributed by atoms with E-state index >= 15 is 0 Å². The van der Waals surface area contributed by atoms with Gasteiger partial charge in [0.1, 0.15) is 11.6 Å². The molecule has 1 aromatic rings. The third-order valence-corrected chi connectivity index (χ3v) is 9.43. The van der Waals surface area contributed by atoms with Crippen LogP contribution < -0.4 is 5.32 Å². The van der Waals surface area contributed by atoms with E-state index in [1.54, 1.807) is 6.92 Å². The molecule has 1 amide bonds. The number of nitrogens with one attached hydrogen (secondary N) is 1. The molecule has 2 N–H and O–H groups in total. The monoisotopic (exact) mass is 480 g/mol. The molecule has 6 nitrogen and oxygen atoms in total. The van der Waals surface area contributed by atoms with E-state index in [1.807, 2.05) is 24.3 Å². The Labute approximate surface area is 193 Å². The molecule has 2 aliphatic carbocycles. The average Bonchev–Trinajstić information content (AvgIpc) is 2.73. The first-order valence-electron chi connectivity index (χ1n) is 11.4. The van der Waals surface area contributed by atoms with Crippen molar-refractivity contribution in [3.63, 3.8) is 0 Å². The summed E-state index contributed by atoms with van der Waals surface area (Å²) < 4.78 is 57.7. The molecule has 4 rings (SSSR count). The lowest BCUT2D eigenvalue weighted by atomic mass is 9.89. The van der Waals surface area contributed by atoms with Crippen LogP contribution in [-0.4, -0.2) is 47.2 Å². The molecule has 1 aliphatic heterocycles. The molecule has 1 saturated heterocycles. The number of aliphatic hydroxyl groups is 1. The summed E-state index contributed by atoms with van der Waals surface area (Å²) in [6, 6.07) is 1.51. The normalized spacial score (nSPS) is 31.2.